The summed E-state index contributed by atoms with van der Waals surface area (Å²) in [5, 5.41) is 56.3. The number of ether oxygens (including phenoxy) is 4. The molecule has 0 radical (unpaired) electrons. The van der Waals surface area contributed by atoms with E-state index in [1.54, 1.807) is 0 Å². The van der Waals surface area contributed by atoms with E-state index in [0.29, 0.717) is 9.13 Å². The molecule has 44 nitrogen and oxygen atoms in total. The fourth-order valence-corrected chi connectivity index (χ4v) is 12.6. The second-order valence-corrected chi connectivity index (χ2v) is 24.4. The van der Waals surface area contributed by atoms with Crippen LogP contribution in [0.4, 0.5) is 17.6 Å². The van der Waals surface area contributed by atoms with Gasteiger partial charge in [-0.1, -0.05) is 0 Å². The topological polar surface area (TPSA) is 647 Å². The van der Waals surface area contributed by atoms with Gasteiger partial charge in [0.25, 0.3) is 11.1 Å². The van der Waals surface area contributed by atoms with E-state index in [1.807, 2.05) is 4.98 Å². The highest BCUT2D eigenvalue weighted by atomic mass is 31.2. The van der Waals surface area contributed by atoms with Crippen LogP contribution in [0.5, 0.6) is 0 Å². The van der Waals surface area contributed by atoms with Crippen molar-refractivity contribution in [1.82, 2.24) is 58.1 Å². The maximum absolute atomic E-state index is 14.0. The Morgan fingerprint density at radius 3 is 1.52 bits per heavy atom. The van der Waals surface area contributed by atoms with Crippen LogP contribution in [-0.4, -0.2) is 208 Å². The standard InChI is InChI=1S/C38H49N15O29P4/c39-16-1-3-50(37(61)46-16)33-23(58)26(81-84(66,67)73-5-12-20(55)21(56)32(76-12)52-10-44-18-28(40)42-9-43-29(18)52)14(78-33)7-74-86(70,71)82-27-15(79-35(24(27)59)53-11-45-19-30(53)48-36(41)49-31(19)60)8-75-85(68,69)80-25-13(6-72-83(63,64)65)77-34(22(25)57)51-4-2-17(54)47-38(51)62/h1-4,9-15,20-27,32-35,55-59H,5-8H2,(H,66,67)(H,68,69)(H,70,71)(H2,39,46,61)(H2,40,42,43)(H,47,54,62)(H2,63,64,65)(H3,41,48,49,60)/t12-,13-,14-,15-,20-,21-,22-,23-,24-,25-,26-,27-,32-,33-,34-,35-/m1/s1. The Labute approximate surface area is 474 Å². The number of fused-ring (bicyclic) bond motifs is 2. The van der Waals surface area contributed by atoms with Gasteiger partial charge in [0.15, 0.2) is 47.5 Å². The van der Waals surface area contributed by atoms with Gasteiger partial charge in [-0.05, 0) is 6.07 Å². The zero-order chi connectivity index (χ0) is 62.1. The number of phosphoric ester groups is 4. The highest BCUT2D eigenvalue weighted by Crippen LogP contribution is 2.54. The number of nitrogen functional groups attached to an aromatic ring is 3. The number of aromatic nitrogens is 12. The number of hydrogen-bond donors (Lipinski definition) is 15. The van der Waals surface area contributed by atoms with E-state index in [1.165, 1.54) is 4.57 Å². The van der Waals surface area contributed by atoms with Crippen molar-refractivity contribution in [3.8, 4) is 0 Å². The van der Waals surface area contributed by atoms with Gasteiger partial charge < -0.3 is 86.1 Å². The Balaban J connectivity index is 0.870. The predicted octanol–water partition coefficient (Wildman–Crippen LogP) is -6.48. The first-order valence-corrected chi connectivity index (χ1v) is 30.4. The molecule has 0 aliphatic carbocycles. The van der Waals surface area contributed by atoms with E-state index in [4.69, 9.17) is 63.3 Å². The van der Waals surface area contributed by atoms with Gasteiger partial charge in [0.1, 0.15) is 90.9 Å². The van der Waals surface area contributed by atoms with Gasteiger partial charge in [-0.2, -0.15) is 9.97 Å². The summed E-state index contributed by atoms with van der Waals surface area (Å²) in [4.78, 5) is 129. The van der Waals surface area contributed by atoms with Crippen molar-refractivity contribution in [2.24, 2.45) is 0 Å². The van der Waals surface area contributed by atoms with Gasteiger partial charge in [0, 0.05) is 18.5 Å². The third-order valence-corrected chi connectivity index (χ3v) is 16.7. The fraction of sp³-hybridized carbons (Fsp3) is 0.526. The smallest absolute Gasteiger partial charge is 0.387 e. The van der Waals surface area contributed by atoms with Gasteiger partial charge in [-0.25, -0.2) is 47.8 Å². The molecule has 0 aromatic carbocycles. The van der Waals surface area contributed by atoms with E-state index in [9.17, 15) is 87.4 Å². The van der Waals surface area contributed by atoms with Gasteiger partial charge in [0.05, 0.1) is 39.1 Å². The van der Waals surface area contributed by atoms with E-state index >= 15 is 0 Å². The summed E-state index contributed by atoms with van der Waals surface area (Å²) in [5.41, 5.74) is 12.5. The first-order chi connectivity index (χ1) is 40.4. The summed E-state index contributed by atoms with van der Waals surface area (Å²) >= 11 is 0. The molecule has 18 N–H and O–H groups in total. The van der Waals surface area contributed by atoms with Crippen LogP contribution in [0, 0.1) is 0 Å². The molecule has 0 amide bonds. The Morgan fingerprint density at radius 2 is 0.988 bits per heavy atom. The Morgan fingerprint density at radius 1 is 0.523 bits per heavy atom. The van der Waals surface area contributed by atoms with Gasteiger partial charge in [0.2, 0.25) is 5.95 Å². The van der Waals surface area contributed by atoms with Gasteiger partial charge in [-0.15, -0.1) is 0 Å². The van der Waals surface area contributed by atoms with Crippen molar-refractivity contribution in [1.29, 1.82) is 0 Å². The zero-order valence-electron chi connectivity index (χ0n) is 42.8. The molecular weight excluding hydrogens is 1250 g/mol. The summed E-state index contributed by atoms with van der Waals surface area (Å²) < 4.78 is 115. The Kier molecular flexibility index (Phi) is 17.7. The summed E-state index contributed by atoms with van der Waals surface area (Å²) in [6.07, 6.45) is -26.6. The number of nitrogens with zero attached hydrogens (tertiary/aromatic N) is 10. The number of phosphoric acid groups is 4. The number of nitrogens with one attached hydrogen (secondary N) is 2. The highest BCUT2D eigenvalue weighted by molar-refractivity contribution is 7.48. The van der Waals surface area contributed by atoms with Gasteiger partial charge in [-0.3, -0.25) is 69.5 Å². The lowest BCUT2D eigenvalue weighted by Crippen LogP contribution is -2.39. The molecule has 4 saturated heterocycles. The number of imidazole rings is 2. The molecule has 3 unspecified atom stereocenters. The molecule has 19 atom stereocenters. The van der Waals surface area contributed by atoms with Crippen LogP contribution in [0.3, 0.4) is 0 Å². The number of aliphatic hydroxyl groups excluding tert-OH is 5. The Hall–Kier alpha value is -6.06. The fourth-order valence-electron chi connectivity index (χ4n) is 9.40. The van der Waals surface area contributed by atoms with E-state index < -0.39 is 190 Å². The Bertz CT molecular complexity index is 3960. The normalized spacial score (nSPS) is 31.8. The minimum absolute atomic E-state index is 0.0327. The molecule has 0 spiro atoms. The lowest BCUT2D eigenvalue weighted by Gasteiger charge is -2.26. The first kappa shape index (κ1) is 63.0. The molecule has 0 bridgehead atoms. The SMILES string of the molecule is Nc1ccn([C@@H]2O[C@H](COP(=O)(O)O[C@H]3[C@@H](O)[C@H](n4cnc5c(=O)[nH]c(N)nc54)O[C@@H]3COP(=O)(O)O[C@H]3[C@@H](O)[C@H](n4ccc(=O)[nH]c4=O)O[C@@H]3COP(=O)(O)O)[C@@H](OP(=O)(O)OC[C@H]3O[C@@H](n4cnc5c(N)ncnc54)[C@H](O)[C@@H]3O)[C@H]2O)c(=O)n1. The molecule has 48 heteroatoms. The molecule has 4 fully saturated rings. The number of H-pyrrole nitrogens is 2. The minimum atomic E-state index is -5.81. The maximum atomic E-state index is 14.0. The van der Waals surface area contributed by atoms with Crippen LogP contribution in [0.15, 0.2) is 62.7 Å². The van der Waals surface area contributed by atoms with Crippen LogP contribution >= 0.6 is 31.3 Å². The van der Waals surface area contributed by atoms with Crippen LogP contribution in [0.2, 0.25) is 0 Å². The van der Waals surface area contributed by atoms with Crippen molar-refractivity contribution in [3.05, 3.63) is 85.2 Å². The number of rotatable bonds is 22. The zero-order valence-corrected chi connectivity index (χ0v) is 46.4. The minimum Gasteiger partial charge on any atom is -0.387 e. The molecule has 86 heavy (non-hydrogen) atoms. The second kappa shape index (κ2) is 24.1. The third kappa shape index (κ3) is 13.2. The number of aromatic amines is 2. The number of nitrogens with two attached hydrogens (primary N) is 3. The summed E-state index contributed by atoms with van der Waals surface area (Å²) in [5.74, 6) is -0.809. The third-order valence-electron chi connectivity index (χ3n) is 13.3. The van der Waals surface area contributed by atoms with Crippen molar-refractivity contribution < 1.29 is 119 Å². The van der Waals surface area contributed by atoms with Crippen molar-refractivity contribution in [3.63, 3.8) is 0 Å². The number of aliphatic hydroxyl groups is 5. The predicted molar refractivity (Wildman–Crippen MR) is 272 cm³/mol. The van der Waals surface area contributed by atoms with Crippen LogP contribution in [-0.2, 0) is 68.9 Å². The molecule has 4 aliphatic rings. The van der Waals surface area contributed by atoms with E-state index in [0.717, 1.165) is 48.1 Å². The summed E-state index contributed by atoms with van der Waals surface area (Å²) in [7, 11) is -22.4. The molecule has 0 saturated carbocycles. The largest absolute Gasteiger partial charge is 0.472 e. The lowest BCUT2D eigenvalue weighted by molar-refractivity contribution is -0.0645. The van der Waals surface area contributed by atoms with E-state index in [-0.39, 0.29) is 28.4 Å². The van der Waals surface area contributed by atoms with Crippen LogP contribution in [0.1, 0.15) is 24.9 Å². The van der Waals surface area contributed by atoms with Crippen molar-refractivity contribution in [2.75, 3.05) is 43.6 Å². The summed E-state index contributed by atoms with van der Waals surface area (Å²) in [6, 6.07) is 1.90. The second-order valence-electron chi connectivity index (χ2n) is 18.9. The van der Waals surface area contributed by atoms with Gasteiger partial charge >= 0.3 is 42.7 Å². The molecule has 4 aliphatic heterocycles. The van der Waals surface area contributed by atoms with Crippen LogP contribution < -0.4 is 39.7 Å². The number of hydrogen-bond acceptors (Lipinski definition) is 33. The molecule has 470 valence electrons. The van der Waals surface area contributed by atoms with Crippen LogP contribution in [0.25, 0.3) is 22.3 Å². The van der Waals surface area contributed by atoms with E-state index in [2.05, 4.69) is 39.4 Å². The molecular formula is C38H49N15O29P4. The average Bonchev–Trinajstić information content (AvgIpc) is 1.75. The monoisotopic (exact) mass is 1300 g/mol. The summed E-state index contributed by atoms with van der Waals surface area (Å²) in [6.45, 7) is -4.84. The molecule has 10 rings (SSSR count). The highest BCUT2D eigenvalue weighted by Gasteiger charge is 2.55. The quantitative estimate of drug-likeness (QED) is 0.0281. The van der Waals surface area contributed by atoms with Crippen molar-refractivity contribution in [2.45, 2.75) is 98.2 Å². The molecule has 10 heterocycles. The first-order valence-electron chi connectivity index (χ1n) is 24.4. The number of anilines is 3. The van der Waals surface area contributed by atoms with Crippen molar-refractivity contribution >= 4 is 71.2 Å². The lowest BCUT2D eigenvalue weighted by atomic mass is 10.1. The maximum Gasteiger partial charge on any atom is 0.472 e. The average molecular weight is 1300 g/mol. The molecule has 6 aromatic rings. The molecule has 6 aromatic heterocycles.